The van der Waals surface area contributed by atoms with Gasteiger partial charge in [0.05, 0.1) is 12.2 Å². The summed E-state index contributed by atoms with van der Waals surface area (Å²) in [7, 11) is 1.67. The van der Waals surface area contributed by atoms with E-state index in [4.69, 9.17) is 15.2 Å². The van der Waals surface area contributed by atoms with E-state index in [0.717, 1.165) is 25.7 Å². The second kappa shape index (κ2) is 9.34. The molecule has 0 aliphatic heterocycles. The van der Waals surface area contributed by atoms with E-state index in [2.05, 4.69) is 6.92 Å². The van der Waals surface area contributed by atoms with Crippen molar-refractivity contribution >= 4 is 5.97 Å². The molecule has 0 spiro atoms. The normalized spacial score (nSPS) is 13.4. The summed E-state index contributed by atoms with van der Waals surface area (Å²) in [6.45, 7) is 7.21. The van der Waals surface area contributed by atoms with Crippen LogP contribution in [0.25, 0.3) is 0 Å². The summed E-state index contributed by atoms with van der Waals surface area (Å²) in [5.41, 5.74) is 5.29. The zero-order chi connectivity index (χ0) is 14.0. The van der Waals surface area contributed by atoms with Crippen molar-refractivity contribution in [3.05, 3.63) is 0 Å². The minimum Gasteiger partial charge on any atom is -0.466 e. The lowest BCUT2D eigenvalue weighted by molar-refractivity contribution is -0.145. The molecule has 0 amide bonds. The first-order valence-corrected chi connectivity index (χ1v) is 6.86. The Balaban J connectivity index is 3.71. The predicted octanol–water partition coefficient (Wildman–Crippen LogP) is 2.50. The quantitative estimate of drug-likeness (QED) is 0.612. The molecule has 0 heterocycles. The van der Waals surface area contributed by atoms with Gasteiger partial charge in [-0.15, -0.1) is 0 Å². The van der Waals surface area contributed by atoms with Crippen LogP contribution >= 0.6 is 0 Å². The Hall–Kier alpha value is -0.610. The molecule has 0 aliphatic carbocycles. The molecule has 0 bridgehead atoms. The fraction of sp³-hybridized carbons (Fsp3) is 0.929. The monoisotopic (exact) mass is 259 g/mol. The molecule has 0 aromatic heterocycles. The van der Waals surface area contributed by atoms with E-state index in [-0.39, 0.29) is 11.6 Å². The summed E-state index contributed by atoms with van der Waals surface area (Å²) in [4.78, 5) is 11.5. The third-order valence-electron chi connectivity index (χ3n) is 3.43. The molecule has 2 N–H and O–H groups in total. The second-order valence-corrected chi connectivity index (χ2v) is 5.32. The van der Waals surface area contributed by atoms with Crippen molar-refractivity contribution in [2.45, 2.75) is 58.5 Å². The van der Waals surface area contributed by atoms with Gasteiger partial charge in [-0.2, -0.15) is 0 Å². The zero-order valence-corrected chi connectivity index (χ0v) is 12.3. The molecule has 1 unspecified atom stereocenters. The summed E-state index contributed by atoms with van der Waals surface area (Å²) in [5, 5.41) is 0. The molecule has 0 aromatic carbocycles. The van der Waals surface area contributed by atoms with Gasteiger partial charge in [-0.25, -0.2) is 0 Å². The number of carbonyl (C=O) groups excluding carboxylic acids is 1. The lowest BCUT2D eigenvalue weighted by Crippen LogP contribution is -2.25. The largest absolute Gasteiger partial charge is 0.466 e. The van der Waals surface area contributed by atoms with E-state index >= 15 is 0 Å². The van der Waals surface area contributed by atoms with Gasteiger partial charge in [0, 0.05) is 20.0 Å². The van der Waals surface area contributed by atoms with Gasteiger partial charge >= 0.3 is 5.97 Å². The molecular formula is C14H29NO3. The minimum absolute atomic E-state index is 0.114. The number of hydrogen-bond donors (Lipinski definition) is 1. The highest BCUT2D eigenvalue weighted by atomic mass is 16.5. The van der Waals surface area contributed by atoms with E-state index in [1.54, 1.807) is 7.11 Å². The van der Waals surface area contributed by atoms with Crippen LogP contribution in [0, 0.1) is 5.92 Å². The van der Waals surface area contributed by atoms with E-state index in [1.807, 2.05) is 13.8 Å². The average Bonchev–Trinajstić information content (AvgIpc) is 2.34. The first-order valence-electron chi connectivity index (χ1n) is 6.86. The van der Waals surface area contributed by atoms with Crippen molar-refractivity contribution in [2.24, 2.45) is 11.7 Å². The van der Waals surface area contributed by atoms with Crippen LogP contribution < -0.4 is 5.73 Å². The Kier molecular flexibility index (Phi) is 9.02. The van der Waals surface area contributed by atoms with Crippen molar-refractivity contribution in [1.29, 1.82) is 0 Å². The molecular weight excluding hydrogens is 230 g/mol. The third-order valence-corrected chi connectivity index (χ3v) is 3.43. The summed E-state index contributed by atoms with van der Waals surface area (Å²) >= 11 is 0. The van der Waals surface area contributed by atoms with Crippen LogP contribution in [0.4, 0.5) is 0 Å². The molecule has 0 saturated heterocycles. The Morgan fingerprint density at radius 1 is 1.33 bits per heavy atom. The molecule has 0 rings (SSSR count). The summed E-state index contributed by atoms with van der Waals surface area (Å²) in [6, 6.07) is 0. The van der Waals surface area contributed by atoms with Gasteiger partial charge in [0.2, 0.25) is 0 Å². The molecule has 108 valence electrons. The van der Waals surface area contributed by atoms with Gasteiger partial charge in [0.1, 0.15) is 0 Å². The van der Waals surface area contributed by atoms with E-state index < -0.39 is 0 Å². The van der Waals surface area contributed by atoms with Gasteiger partial charge in [-0.05, 0) is 39.2 Å². The Bertz CT molecular complexity index is 229. The van der Waals surface area contributed by atoms with Crippen molar-refractivity contribution < 1.29 is 14.3 Å². The maximum atomic E-state index is 11.5. The summed E-state index contributed by atoms with van der Waals surface area (Å²) < 4.78 is 10.5. The van der Waals surface area contributed by atoms with Crippen LogP contribution in [0.2, 0.25) is 0 Å². The summed E-state index contributed by atoms with van der Waals surface area (Å²) in [6.07, 6.45) is 4.14. The SMILES string of the molecule is CCC(CCN)CCC(=O)OCCC(C)(C)OC. The van der Waals surface area contributed by atoms with Crippen molar-refractivity contribution in [2.75, 3.05) is 20.3 Å². The first-order chi connectivity index (χ1) is 8.45. The fourth-order valence-electron chi connectivity index (χ4n) is 1.70. The number of esters is 1. The molecule has 18 heavy (non-hydrogen) atoms. The smallest absolute Gasteiger partial charge is 0.305 e. The Morgan fingerprint density at radius 3 is 2.50 bits per heavy atom. The highest BCUT2D eigenvalue weighted by molar-refractivity contribution is 5.69. The van der Waals surface area contributed by atoms with Crippen LogP contribution in [0.3, 0.4) is 0 Å². The maximum Gasteiger partial charge on any atom is 0.305 e. The van der Waals surface area contributed by atoms with E-state index in [1.165, 1.54) is 0 Å². The number of hydrogen-bond acceptors (Lipinski definition) is 4. The first kappa shape index (κ1) is 17.4. The van der Waals surface area contributed by atoms with Gasteiger partial charge < -0.3 is 15.2 Å². The Labute approximate surface area is 111 Å². The lowest BCUT2D eigenvalue weighted by atomic mass is 9.97. The molecule has 4 nitrogen and oxygen atoms in total. The highest BCUT2D eigenvalue weighted by Crippen LogP contribution is 2.16. The number of nitrogens with two attached hydrogens (primary N) is 1. The van der Waals surface area contributed by atoms with E-state index in [9.17, 15) is 4.79 Å². The molecule has 4 heteroatoms. The van der Waals surface area contributed by atoms with Gasteiger partial charge in [-0.1, -0.05) is 13.3 Å². The molecule has 0 fully saturated rings. The number of ether oxygens (including phenoxy) is 2. The highest BCUT2D eigenvalue weighted by Gasteiger charge is 2.17. The third kappa shape index (κ3) is 8.48. The number of methoxy groups -OCH3 is 1. The van der Waals surface area contributed by atoms with Gasteiger partial charge in [0.25, 0.3) is 0 Å². The average molecular weight is 259 g/mol. The number of rotatable bonds is 10. The van der Waals surface area contributed by atoms with Gasteiger partial charge in [-0.3, -0.25) is 4.79 Å². The van der Waals surface area contributed by atoms with Crippen molar-refractivity contribution in [3.63, 3.8) is 0 Å². The summed E-state index contributed by atoms with van der Waals surface area (Å²) in [5.74, 6) is 0.426. The standard InChI is InChI=1S/C14H29NO3/c1-5-12(8-10-15)6-7-13(16)18-11-9-14(2,3)17-4/h12H,5-11,15H2,1-4H3. The lowest BCUT2D eigenvalue weighted by Gasteiger charge is -2.22. The van der Waals surface area contributed by atoms with Crippen LogP contribution in [0.1, 0.15) is 52.9 Å². The number of carbonyl (C=O) groups is 1. The predicted molar refractivity (Wildman–Crippen MR) is 73.4 cm³/mol. The van der Waals surface area contributed by atoms with Gasteiger partial charge in [0.15, 0.2) is 0 Å². The van der Waals surface area contributed by atoms with Crippen LogP contribution in [0.5, 0.6) is 0 Å². The topological polar surface area (TPSA) is 61.6 Å². The second-order valence-electron chi connectivity index (χ2n) is 5.32. The zero-order valence-electron chi connectivity index (χ0n) is 12.3. The molecule has 0 aromatic rings. The van der Waals surface area contributed by atoms with Crippen LogP contribution in [0.15, 0.2) is 0 Å². The maximum absolute atomic E-state index is 11.5. The molecule has 0 aliphatic rings. The molecule has 1 atom stereocenters. The van der Waals surface area contributed by atoms with E-state index in [0.29, 0.717) is 25.5 Å². The molecule has 0 radical (unpaired) electrons. The fourth-order valence-corrected chi connectivity index (χ4v) is 1.70. The molecule has 0 saturated carbocycles. The Morgan fingerprint density at radius 2 is 2.00 bits per heavy atom. The van der Waals surface area contributed by atoms with Crippen molar-refractivity contribution in [1.82, 2.24) is 0 Å². The van der Waals surface area contributed by atoms with Crippen LogP contribution in [-0.4, -0.2) is 31.8 Å². The minimum atomic E-state index is -0.230. The van der Waals surface area contributed by atoms with Crippen LogP contribution in [-0.2, 0) is 14.3 Å². The van der Waals surface area contributed by atoms with Crippen molar-refractivity contribution in [3.8, 4) is 0 Å².